The van der Waals surface area contributed by atoms with Crippen LogP contribution >= 0.6 is 27.3 Å². The van der Waals surface area contributed by atoms with Crippen LogP contribution in [0.3, 0.4) is 0 Å². The number of thiophene rings is 1. The number of methoxy groups -OCH3 is 1. The van der Waals surface area contributed by atoms with E-state index < -0.39 is 5.91 Å². The standard InChI is InChI=1S/C16H13BrN4O3S/c1-24-13-6-9(5-10(17)15(13)22)8-18-21-16(23)12-7-11(19-20-12)14-3-2-4-25-14/h2-8,22H,1H3,(H,19,20)(H,21,23). The maximum atomic E-state index is 12.1. The van der Waals surface area contributed by atoms with Gasteiger partial charge in [-0.15, -0.1) is 11.3 Å². The normalized spacial score (nSPS) is 11.0. The summed E-state index contributed by atoms with van der Waals surface area (Å²) in [5, 5.41) is 22.4. The largest absolute Gasteiger partial charge is 0.503 e. The van der Waals surface area contributed by atoms with Gasteiger partial charge in [-0.3, -0.25) is 9.89 Å². The summed E-state index contributed by atoms with van der Waals surface area (Å²) in [6, 6.07) is 8.77. The molecule has 2 heterocycles. The van der Waals surface area contributed by atoms with Crippen LogP contribution in [-0.2, 0) is 0 Å². The van der Waals surface area contributed by atoms with Gasteiger partial charge in [0, 0.05) is 0 Å². The van der Waals surface area contributed by atoms with Crippen molar-refractivity contribution in [3.63, 3.8) is 0 Å². The molecule has 7 nitrogen and oxygen atoms in total. The van der Waals surface area contributed by atoms with Crippen LogP contribution in [0.2, 0.25) is 0 Å². The van der Waals surface area contributed by atoms with E-state index in [1.807, 2.05) is 17.5 Å². The number of phenolic OH excluding ortho intramolecular Hbond substituents is 1. The third-order valence-electron chi connectivity index (χ3n) is 3.25. The molecule has 0 atom stereocenters. The predicted octanol–water partition coefficient (Wildman–Crippen LogP) is 3.38. The van der Waals surface area contributed by atoms with Gasteiger partial charge in [0.05, 0.1) is 28.4 Å². The predicted molar refractivity (Wildman–Crippen MR) is 99.3 cm³/mol. The van der Waals surface area contributed by atoms with E-state index in [-0.39, 0.29) is 11.4 Å². The first kappa shape index (κ1) is 17.2. The first-order valence-corrected chi connectivity index (χ1v) is 8.75. The molecule has 3 N–H and O–H groups in total. The van der Waals surface area contributed by atoms with Crippen LogP contribution in [0.25, 0.3) is 10.6 Å². The van der Waals surface area contributed by atoms with E-state index in [1.165, 1.54) is 13.3 Å². The Labute approximate surface area is 155 Å². The van der Waals surface area contributed by atoms with Gasteiger partial charge in [0.15, 0.2) is 17.2 Å². The molecule has 0 unspecified atom stereocenters. The molecule has 1 aromatic carbocycles. The minimum absolute atomic E-state index is 0.00122. The quantitative estimate of drug-likeness (QED) is 0.435. The van der Waals surface area contributed by atoms with Crippen molar-refractivity contribution in [2.75, 3.05) is 7.11 Å². The molecule has 0 spiro atoms. The minimum Gasteiger partial charge on any atom is -0.503 e. The van der Waals surface area contributed by atoms with E-state index in [4.69, 9.17) is 4.74 Å². The number of H-pyrrole nitrogens is 1. The number of nitrogens with zero attached hydrogens (tertiary/aromatic N) is 2. The maximum Gasteiger partial charge on any atom is 0.291 e. The maximum absolute atomic E-state index is 12.1. The minimum atomic E-state index is -0.430. The summed E-state index contributed by atoms with van der Waals surface area (Å²) in [5.41, 5.74) is 4.07. The first-order chi connectivity index (χ1) is 12.1. The van der Waals surface area contributed by atoms with E-state index in [0.29, 0.717) is 15.8 Å². The molecule has 9 heteroatoms. The molecule has 0 saturated heterocycles. The lowest BCUT2D eigenvalue weighted by Gasteiger charge is -2.06. The van der Waals surface area contributed by atoms with Gasteiger partial charge in [-0.25, -0.2) is 5.43 Å². The van der Waals surface area contributed by atoms with Crippen molar-refractivity contribution in [2.24, 2.45) is 5.10 Å². The summed E-state index contributed by atoms with van der Waals surface area (Å²) in [6.45, 7) is 0. The fourth-order valence-electron chi connectivity index (χ4n) is 2.04. The molecule has 0 aliphatic heterocycles. The molecule has 3 aromatic rings. The van der Waals surface area contributed by atoms with E-state index >= 15 is 0 Å². The molecular weight excluding hydrogens is 408 g/mol. The number of amides is 1. The summed E-state index contributed by atoms with van der Waals surface area (Å²) < 4.78 is 5.52. The molecule has 0 radical (unpaired) electrons. The fraction of sp³-hybridized carbons (Fsp3) is 0.0625. The number of carbonyl (C=O) groups excluding carboxylic acids is 1. The summed E-state index contributed by atoms with van der Waals surface area (Å²) in [4.78, 5) is 13.1. The molecule has 0 fully saturated rings. The number of phenols is 1. The van der Waals surface area contributed by atoms with Crippen LogP contribution in [0, 0.1) is 0 Å². The third-order valence-corrected chi connectivity index (χ3v) is 4.76. The van der Waals surface area contributed by atoms with Gasteiger partial charge in [-0.05, 0) is 51.1 Å². The average Bonchev–Trinajstić information content (AvgIpc) is 3.28. The molecular formula is C16H13BrN4O3S. The number of nitrogens with one attached hydrogen (secondary N) is 2. The SMILES string of the molecule is COc1cc(C=NNC(=O)c2cc(-c3cccs3)[nH]n2)cc(Br)c1O. The number of ether oxygens (including phenoxy) is 1. The molecule has 2 aromatic heterocycles. The number of carbonyl (C=O) groups is 1. The highest BCUT2D eigenvalue weighted by molar-refractivity contribution is 9.10. The number of aromatic hydroxyl groups is 1. The summed E-state index contributed by atoms with van der Waals surface area (Å²) in [7, 11) is 1.45. The number of halogens is 1. The van der Waals surface area contributed by atoms with Crippen LogP contribution in [0.5, 0.6) is 11.5 Å². The number of benzene rings is 1. The van der Waals surface area contributed by atoms with Gasteiger partial charge in [0.1, 0.15) is 0 Å². The highest BCUT2D eigenvalue weighted by atomic mass is 79.9. The highest BCUT2D eigenvalue weighted by Gasteiger charge is 2.11. The van der Waals surface area contributed by atoms with Gasteiger partial charge in [0.2, 0.25) is 0 Å². The Bertz CT molecular complexity index is 922. The van der Waals surface area contributed by atoms with Crippen molar-refractivity contribution in [3.8, 4) is 22.1 Å². The number of aromatic nitrogens is 2. The van der Waals surface area contributed by atoms with E-state index in [2.05, 4.69) is 36.7 Å². The second kappa shape index (κ2) is 7.49. The van der Waals surface area contributed by atoms with Crippen LogP contribution in [0.15, 0.2) is 45.3 Å². The van der Waals surface area contributed by atoms with Gasteiger partial charge in [0.25, 0.3) is 5.91 Å². The average molecular weight is 421 g/mol. The van der Waals surface area contributed by atoms with Crippen molar-refractivity contribution in [1.29, 1.82) is 0 Å². The Morgan fingerprint density at radius 3 is 3.04 bits per heavy atom. The van der Waals surface area contributed by atoms with Gasteiger partial charge < -0.3 is 9.84 Å². The topological polar surface area (TPSA) is 99.6 Å². The molecule has 1 amide bonds. The van der Waals surface area contributed by atoms with Crippen LogP contribution in [0.4, 0.5) is 0 Å². The third kappa shape index (κ3) is 3.89. The Morgan fingerprint density at radius 2 is 2.32 bits per heavy atom. The molecule has 0 aliphatic rings. The van der Waals surface area contributed by atoms with E-state index in [1.54, 1.807) is 29.5 Å². The Morgan fingerprint density at radius 1 is 1.48 bits per heavy atom. The number of hydrogen-bond donors (Lipinski definition) is 3. The van der Waals surface area contributed by atoms with Crippen molar-refractivity contribution in [3.05, 3.63) is 51.4 Å². The monoisotopic (exact) mass is 420 g/mol. The van der Waals surface area contributed by atoms with E-state index in [9.17, 15) is 9.90 Å². The molecule has 0 saturated carbocycles. The van der Waals surface area contributed by atoms with Crippen LogP contribution in [-0.4, -0.2) is 34.5 Å². The van der Waals surface area contributed by atoms with E-state index in [0.717, 1.165) is 10.6 Å². The molecule has 0 bridgehead atoms. The number of hydrazone groups is 1. The summed E-state index contributed by atoms with van der Waals surface area (Å²) in [5.74, 6) is -0.128. The van der Waals surface area contributed by atoms with Gasteiger partial charge in [-0.1, -0.05) is 6.07 Å². The lowest BCUT2D eigenvalue weighted by molar-refractivity contribution is 0.0950. The van der Waals surface area contributed by atoms with Gasteiger partial charge in [-0.2, -0.15) is 10.2 Å². The second-order valence-corrected chi connectivity index (χ2v) is 6.70. The van der Waals surface area contributed by atoms with Crippen molar-refractivity contribution >= 4 is 39.4 Å². The molecule has 3 rings (SSSR count). The molecule has 0 aliphatic carbocycles. The number of hydrogen-bond acceptors (Lipinski definition) is 6. The second-order valence-electron chi connectivity index (χ2n) is 4.90. The Hall–Kier alpha value is -2.65. The van der Waals surface area contributed by atoms with Crippen molar-refractivity contribution in [1.82, 2.24) is 15.6 Å². The zero-order valence-electron chi connectivity index (χ0n) is 13.0. The van der Waals surface area contributed by atoms with Crippen LogP contribution in [0.1, 0.15) is 16.1 Å². The Kier molecular flexibility index (Phi) is 5.15. The van der Waals surface area contributed by atoms with Crippen LogP contribution < -0.4 is 10.2 Å². The molecule has 25 heavy (non-hydrogen) atoms. The van der Waals surface area contributed by atoms with Crippen molar-refractivity contribution < 1.29 is 14.6 Å². The zero-order chi connectivity index (χ0) is 17.8. The highest BCUT2D eigenvalue weighted by Crippen LogP contribution is 2.34. The summed E-state index contributed by atoms with van der Waals surface area (Å²) >= 11 is 4.78. The first-order valence-electron chi connectivity index (χ1n) is 7.07. The Balaban J connectivity index is 1.68. The lowest BCUT2D eigenvalue weighted by atomic mass is 10.2. The lowest BCUT2D eigenvalue weighted by Crippen LogP contribution is -2.18. The van der Waals surface area contributed by atoms with Crippen molar-refractivity contribution in [2.45, 2.75) is 0 Å². The molecule has 128 valence electrons. The zero-order valence-corrected chi connectivity index (χ0v) is 15.4. The summed E-state index contributed by atoms with van der Waals surface area (Å²) in [6.07, 6.45) is 1.44. The smallest absolute Gasteiger partial charge is 0.291 e. The number of rotatable bonds is 5. The number of aromatic amines is 1. The fourth-order valence-corrected chi connectivity index (χ4v) is 3.19. The van der Waals surface area contributed by atoms with Gasteiger partial charge >= 0.3 is 0 Å².